The van der Waals surface area contributed by atoms with Gasteiger partial charge in [0.25, 0.3) is 5.91 Å². The van der Waals surface area contributed by atoms with Gasteiger partial charge in [0, 0.05) is 31.6 Å². The van der Waals surface area contributed by atoms with Crippen molar-refractivity contribution < 1.29 is 14.4 Å². The molecule has 1 fully saturated rings. The van der Waals surface area contributed by atoms with Crippen LogP contribution in [0.2, 0.25) is 0 Å². The molecule has 31 heavy (non-hydrogen) atoms. The number of hydrogen-bond donors (Lipinski definition) is 3. The summed E-state index contributed by atoms with van der Waals surface area (Å²) < 4.78 is 1.67. The molecule has 1 aromatic carbocycles. The summed E-state index contributed by atoms with van der Waals surface area (Å²) in [5, 5.41) is 13.4. The van der Waals surface area contributed by atoms with Crippen molar-refractivity contribution in [3.05, 3.63) is 42.5 Å². The first-order valence-electron chi connectivity index (χ1n) is 10.5. The predicted molar refractivity (Wildman–Crippen MR) is 113 cm³/mol. The van der Waals surface area contributed by atoms with E-state index in [1.165, 1.54) is 6.33 Å². The van der Waals surface area contributed by atoms with Crippen LogP contribution >= 0.6 is 0 Å². The zero-order chi connectivity index (χ0) is 22.0. The molecule has 3 atom stereocenters. The number of hydrogen-bond acceptors (Lipinski definition) is 6. The van der Waals surface area contributed by atoms with E-state index in [2.05, 4.69) is 26.0 Å². The summed E-state index contributed by atoms with van der Waals surface area (Å²) in [7, 11) is 0. The van der Waals surface area contributed by atoms with Gasteiger partial charge in [0.05, 0.1) is 11.6 Å². The summed E-state index contributed by atoms with van der Waals surface area (Å²) in [6.45, 7) is 4.40. The molecule has 3 amide bonds. The number of para-hydroxylation sites is 1. The summed E-state index contributed by atoms with van der Waals surface area (Å²) in [4.78, 5) is 43.6. The Hall–Kier alpha value is -3.43. The van der Waals surface area contributed by atoms with E-state index in [0.717, 1.165) is 5.69 Å². The van der Waals surface area contributed by atoms with Gasteiger partial charge < -0.3 is 20.9 Å². The number of aromatic nitrogens is 3. The molecule has 0 radical (unpaired) electrons. The van der Waals surface area contributed by atoms with E-state index >= 15 is 0 Å². The zero-order valence-corrected chi connectivity index (χ0v) is 17.7. The number of nitrogens with one attached hydrogen (secondary N) is 3. The topological polar surface area (TPSA) is 121 Å². The summed E-state index contributed by atoms with van der Waals surface area (Å²) in [6.07, 6.45) is 4.25. The van der Waals surface area contributed by atoms with Crippen molar-refractivity contribution >= 4 is 23.4 Å². The average molecular weight is 425 g/mol. The number of fused-ring (bicyclic) bond motifs is 1. The van der Waals surface area contributed by atoms with Crippen LogP contribution in [0, 0.1) is 0 Å². The number of anilines is 1. The lowest BCUT2D eigenvalue weighted by Crippen LogP contribution is -2.58. The van der Waals surface area contributed by atoms with Crippen molar-refractivity contribution in [2.75, 3.05) is 18.4 Å². The standard InChI is InChI=1S/C21H27N7O3/c1-14(28-13-22-12-24-28)11-23-19(30)15(2)27-10-9-21(8-7-18(27)29)25-17-6-4-3-5-16(17)20(31)26-21/h3-6,12-15,25H,7-11H2,1-2H3,(H,23,30)(H,26,31). The van der Waals surface area contributed by atoms with E-state index in [0.29, 0.717) is 31.5 Å². The molecule has 3 N–H and O–H groups in total. The van der Waals surface area contributed by atoms with Crippen LogP contribution < -0.4 is 16.0 Å². The van der Waals surface area contributed by atoms with Gasteiger partial charge in [0.15, 0.2) is 0 Å². The summed E-state index contributed by atoms with van der Waals surface area (Å²) >= 11 is 0. The molecule has 3 heterocycles. The molecule has 4 rings (SSSR count). The van der Waals surface area contributed by atoms with Crippen LogP contribution in [-0.4, -0.2) is 62.2 Å². The lowest BCUT2D eigenvalue weighted by atomic mass is 9.95. The van der Waals surface area contributed by atoms with Gasteiger partial charge in [-0.05, 0) is 32.4 Å². The molecular formula is C21H27N7O3. The number of amides is 3. The van der Waals surface area contributed by atoms with Crippen LogP contribution in [-0.2, 0) is 9.59 Å². The van der Waals surface area contributed by atoms with Crippen LogP contribution in [0.1, 0.15) is 49.5 Å². The fourth-order valence-electron chi connectivity index (χ4n) is 4.12. The summed E-state index contributed by atoms with van der Waals surface area (Å²) in [6, 6.07) is 6.66. The fourth-order valence-corrected chi connectivity index (χ4v) is 4.12. The van der Waals surface area contributed by atoms with Crippen molar-refractivity contribution in [3.8, 4) is 0 Å². The minimum Gasteiger partial charge on any atom is -0.362 e. The second kappa shape index (κ2) is 8.37. The van der Waals surface area contributed by atoms with Crippen molar-refractivity contribution in [1.82, 2.24) is 30.3 Å². The number of carbonyl (C=O) groups excluding carboxylic acids is 3. The number of nitrogens with zero attached hydrogens (tertiary/aromatic N) is 4. The van der Waals surface area contributed by atoms with Gasteiger partial charge >= 0.3 is 0 Å². The molecule has 3 unspecified atom stereocenters. The minimum atomic E-state index is -0.701. The third kappa shape index (κ3) is 4.23. The molecular weight excluding hydrogens is 398 g/mol. The second-order valence-electron chi connectivity index (χ2n) is 8.19. The van der Waals surface area contributed by atoms with Crippen LogP contribution in [0.5, 0.6) is 0 Å². The van der Waals surface area contributed by atoms with E-state index < -0.39 is 11.7 Å². The van der Waals surface area contributed by atoms with Crippen molar-refractivity contribution in [2.24, 2.45) is 0 Å². The highest BCUT2D eigenvalue weighted by Gasteiger charge is 2.41. The Morgan fingerprint density at radius 2 is 2.03 bits per heavy atom. The molecule has 10 nitrogen and oxygen atoms in total. The monoisotopic (exact) mass is 425 g/mol. The highest BCUT2D eigenvalue weighted by atomic mass is 16.2. The van der Waals surface area contributed by atoms with Gasteiger partial charge in [-0.3, -0.25) is 14.4 Å². The molecule has 0 aliphatic carbocycles. The van der Waals surface area contributed by atoms with Crippen molar-refractivity contribution in [1.29, 1.82) is 0 Å². The van der Waals surface area contributed by atoms with Crippen LogP contribution in [0.4, 0.5) is 5.69 Å². The van der Waals surface area contributed by atoms with Gasteiger partial charge in [-0.15, -0.1) is 0 Å². The molecule has 1 spiro atoms. The Bertz CT molecular complexity index is 977. The first kappa shape index (κ1) is 20.8. The Morgan fingerprint density at radius 3 is 2.81 bits per heavy atom. The Balaban J connectivity index is 1.40. The molecule has 164 valence electrons. The first-order valence-corrected chi connectivity index (χ1v) is 10.5. The lowest BCUT2D eigenvalue weighted by molar-refractivity contribution is -0.139. The molecule has 2 aliphatic rings. The van der Waals surface area contributed by atoms with Crippen LogP contribution in [0.25, 0.3) is 0 Å². The lowest BCUT2D eigenvalue weighted by Gasteiger charge is -2.40. The maximum Gasteiger partial charge on any atom is 0.255 e. The van der Waals surface area contributed by atoms with Crippen LogP contribution in [0.15, 0.2) is 36.9 Å². The average Bonchev–Trinajstić information content (AvgIpc) is 3.26. The van der Waals surface area contributed by atoms with Crippen LogP contribution in [0.3, 0.4) is 0 Å². The van der Waals surface area contributed by atoms with Crippen molar-refractivity contribution in [2.45, 2.75) is 50.9 Å². The van der Waals surface area contributed by atoms with E-state index in [4.69, 9.17) is 0 Å². The van der Waals surface area contributed by atoms with Gasteiger partial charge in [0.2, 0.25) is 11.8 Å². The number of benzene rings is 1. The molecule has 0 bridgehead atoms. The number of likely N-dealkylation sites (tertiary alicyclic amines) is 1. The summed E-state index contributed by atoms with van der Waals surface area (Å²) in [5.74, 6) is -0.468. The molecule has 1 saturated heterocycles. The third-order valence-corrected chi connectivity index (χ3v) is 6.07. The predicted octanol–water partition coefficient (Wildman–Crippen LogP) is 0.908. The Morgan fingerprint density at radius 1 is 1.23 bits per heavy atom. The van der Waals surface area contributed by atoms with E-state index in [-0.39, 0.29) is 30.2 Å². The smallest absolute Gasteiger partial charge is 0.255 e. The van der Waals surface area contributed by atoms with Gasteiger partial charge in [0.1, 0.15) is 24.4 Å². The molecule has 1 aromatic heterocycles. The maximum atomic E-state index is 12.8. The summed E-state index contributed by atoms with van der Waals surface area (Å²) in [5.41, 5.74) is 0.656. The second-order valence-corrected chi connectivity index (χ2v) is 8.19. The zero-order valence-electron chi connectivity index (χ0n) is 17.7. The highest BCUT2D eigenvalue weighted by Crippen LogP contribution is 2.32. The fraction of sp³-hybridized carbons (Fsp3) is 0.476. The SMILES string of the molecule is CC(C(=O)NCC(C)n1cncn1)N1CCC2(CCC1=O)NC(=O)c1ccccc1N2. The first-order chi connectivity index (χ1) is 14.9. The normalized spacial score (nSPS) is 22.7. The molecule has 2 aliphatic heterocycles. The maximum absolute atomic E-state index is 12.8. The quantitative estimate of drug-likeness (QED) is 0.655. The molecule has 10 heteroatoms. The third-order valence-electron chi connectivity index (χ3n) is 6.07. The van der Waals surface area contributed by atoms with Crippen molar-refractivity contribution in [3.63, 3.8) is 0 Å². The largest absolute Gasteiger partial charge is 0.362 e. The minimum absolute atomic E-state index is 0.0523. The van der Waals surface area contributed by atoms with E-state index in [9.17, 15) is 14.4 Å². The molecule has 2 aromatic rings. The highest BCUT2D eigenvalue weighted by molar-refractivity contribution is 6.02. The van der Waals surface area contributed by atoms with E-state index in [1.54, 1.807) is 28.9 Å². The van der Waals surface area contributed by atoms with Gasteiger partial charge in [-0.2, -0.15) is 5.10 Å². The van der Waals surface area contributed by atoms with E-state index in [1.807, 2.05) is 25.1 Å². The van der Waals surface area contributed by atoms with Gasteiger partial charge in [-0.25, -0.2) is 9.67 Å². The number of rotatable bonds is 5. The Labute approximate surface area is 180 Å². The Kier molecular flexibility index (Phi) is 5.62. The molecule has 0 saturated carbocycles. The van der Waals surface area contributed by atoms with Gasteiger partial charge in [-0.1, -0.05) is 12.1 Å². The number of carbonyl (C=O) groups is 3.